The molecular weight excluding hydrogens is 590 g/mol. The Balaban J connectivity index is 0.000000200. The predicted octanol–water partition coefficient (Wildman–Crippen LogP) is 4.57. The fourth-order valence-electron chi connectivity index (χ4n) is 4.09. The molecule has 0 bridgehead atoms. The Morgan fingerprint density at radius 3 is 1.93 bits per heavy atom. The largest absolute Gasteiger partial charge is 0.478 e. The lowest BCUT2D eigenvalue weighted by molar-refractivity contribution is 0.0685. The number of carboxylic acid groups (broad SMARTS) is 2. The van der Waals surface area contributed by atoms with Crippen molar-refractivity contribution in [2.75, 3.05) is 20.6 Å². The number of rotatable bonds is 5. The van der Waals surface area contributed by atoms with E-state index >= 15 is 0 Å². The van der Waals surface area contributed by atoms with Crippen LogP contribution >= 0.6 is 15.9 Å². The molecule has 1 fully saturated rings. The fraction of sp³-hybridized carbons (Fsp3) is 0.379. The van der Waals surface area contributed by atoms with Gasteiger partial charge in [-0.3, -0.25) is 4.99 Å². The third-order valence-electron chi connectivity index (χ3n) is 6.26. The van der Waals surface area contributed by atoms with E-state index in [9.17, 15) is 9.59 Å². The van der Waals surface area contributed by atoms with E-state index in [1.807, 2.05) is 13.1 Å². The van der Waals surface area contributed by atoms with Crippen LogP contribution in [-0.4, -0.2) is 80.8 Å². The molecule has 3 aromatic heterocycles. The maximum absolute atomic E-state index is 10.9. The van der Waals surface area contributed by atoms with E-state index in [2.05, 4.69) is 73.7 Å². The average Bonchev–Trinajstić information content (AvgIpc) is 3.64. The molecule has 1 aliphatic carbocycles. The van der Waals surface area contributed by atoms with Gasteiger partial charge in [0.1, 0.15) is 10.2 Å². The van der Waals surface area contributed by atoms with Crippen LogP contribution < -0.4 is 10.6 Å². The summed E-state index contributed by atoms with van der Waals surface area (Å²) in [4.78, 5) is 33.0. The number of aromatic nitrogens is 4. The molecule has 2 unspecified atom stereocenters. The Hall–Kier alpha value is -3.74. The zero-order chi connectivity index (χ0) is 30.2. The van der Waals surface area contributed by atoms with E-state index < -0.39 is 11.9 Å². The summed E-state index contributed by atoms with van der Waals surface area (Å²) in [5.41, 5.74) is 2.56. The summed E-state index contributed by atoms with van der Waals surface area (Å²) < 4.78 is 1.82. The maximum Gasteiger partial charge on any atom is 0.339 e. The van der Waals surface area contributed by atoms with Crippen molar-refractivity contribution in [3.05, 3.63) is 82.0 Å². The van der Waals surface area contributed by atoms with Crippen molar-refractivity contribution in [3.63, 3.8) is 0 Å². The van der Waals surface area contributed by atoms with Gasteiger partial charge < -0.3 is 20.8 Å². The molecule has 1 aliphatic heterocycles. The number of aliphatic imine (C=N–C) groups is 1. The highest BCUT2D eigenvalue weighted by Gasteiger charge is 2.21. The number of aryl methyl sites for hydroxylation is 1. The normalized spacial score (nSPS) is 17.0. The van der Waals surface area contributed by atoms with Crippen molar-refractivity contribution in [2.45, 2.75) is 51.6 Å². The first-order chi connectivity index (χ1) is 19.7. The first-order valence-electron chi connectivity index (χ1n) is 13.2. The van der Waals surface area contributed by atoms with Gasteiger partial charge in [-0.25, -0.2) is 24.2 Å². The molecule has 0 amide bonds. The standard InChI is InChI=1S/C10H9N3O2.C8H18N2.C6H4BrNO2.C5H7N/c1-7-5-12-13(6-7)9-8(10(14)15)3-2-4-11-9;1-9-7-5-3-4-6-8(7)10-2;7-5-4(6(9)10)2-1-3-8-5;1-5-2-3-6-4-5/h2-6H,1H3,(H,14,15);7-10H,3-6H2,1-2H3;1-3H,(H,9,10);2,4H,3H2,1H3. The lowest BCUT2D eigenvalue weighted by Gasteiger charge is -2.30. The molecule has 0 spiro atoms. The summed E-state index contributed by atoms with van der Waals surface area (Å²) >= 11 is 3.00. The van der Waals surface area contributed by atoms with Crippen LogP contribution in [-0.2, 0) is 0 Å². The highest BCUT2D eigenvalue weighted by Crippen LogP contribution is 2.17. The van der Waals surface area contributed by atoms with E-state index in [0.717, 1.165) is 12.1 Å². The van der Waals surface area contributed by atoms with Crippen LogP contribution in [0.25, 0.3) is 5.82 Å². The summed E-state index contributed by atoms with van der Waals surface area (Å²) in [6.07, 6.45) is 15.9. The molecule has 4 N–H and O–H groups in total. The summed E-state index contributed by atoms with van der Waals surface area (Å²) in [6.45, 7) is 4.83. The van der Waals surface area contributed by atoms with Crippen molar-refractivity contribution in [2.24, 2.45) is 4.99 Å². The summed E-state index contributed by atoms with van der Waals surface area (Å²) in [5.74, 6) is -1.65. The minimum Gasteiger partial charge on any atom is -0.478 e. The zero-order valence-electron chi connectivity index (χ0n) is 23.8. The third-order valence-corrected chi connectivity index (χ3v) is 6.89. The fourth-order valence-corrected chi connectivity index (χ4v) is 4.51. The third kappa shape index (κ3) is 11.3. The van der Waals surface area contributed by atoms with Crippen LogP contribution in [0.15, 0.2) is 70.3 Å². The van der Waals surface area contributed by atoms with Gasteiger partial charge in [0.2, 0.25) is 0 Å². The van der Waals surface area contributed by atoms with Gasteiger partial charge in [-0.05, 0) is 92.1 Å². The lowest BCUT2D eigenvalue weighted by atomic mass is 9.91. The van der Waals surface area contributed by atoms with Gasteiger partial charge in [-0.2, -0.15) is 5.10 Å². The van der Waals surface area contributed by atoms with E-state index in [-0.39, 0.29) is 11.1 Å². The van der Waals surface area contributed by atoms with Crippen molar-refractivity contribution < 1.29 is 19.8 Å². The summed E-state index contributed by atoms with van der Waals surface area (Å²) in [7, 11) is 4.11. The summed E-state index contributed by atoms with van der Waals surface area (Å²) in [6, 6.07) is 7.57. The molecule has 3 aromatic rings. The van der Waals surface area contributed by atoms with Gasteiger partial charge in [-0.1, -0.05) is 18.9 Å². The van der Waals surface area contributed by atoms with Crippen molar-refractivity contribution in [1.82, 2.24) is 30.4 Å². The Labute approximate surface area is 249 Å². The van der Waals surface area contributed by atoms with Crippen molar-refractivity contribution in [1.29, 1.82) is 0 Å². The molecule has 2 atom stereocenters. The zero-order valence-corrected chi connectivity index (χ0v) is 25.4. The molecule has 12 heteroatoms. The highest BCUT2D eigenvalue weighted by molar-refractivity contribution is 9.10. The maximum atomic E-state index is 10.9. The van der Waals surface area contributed by atoms with Crippen LogP contribution in [0.2, 0.25) is 0 Å². The number of nitrogens with one attached hydrogen (secondary N) is 2. The number of pyridine rings is 2. The molecule has 0 radical (unpaired) electrons. The Kier molecular flexibility index (Phi) is 14.6. The number of nitrogens with zero attached hydrogens (tertiary/aromatic N) is 5. The van der Waals surface area contributed by atoms with Crippen LogP contribution in [0.5, 0.6) is 0 Å². The Morgan fingerprint density at radius 2 is 1.54 bits per heavy atom. The second kappa shape index (κ2) is 17.8. The minimum atomic E-state index is -1.01. The lowest BCUT2D eigenvalue weighted by Crippen LogP contribution is -2.47. The number of carboxylic acids is 2. The number of halogens is 1. The molecule has 0 saturated heterocycles. The minimum absolute atomic E-state index is 0.139. The average molecular weight is 629 g/mol. The monoisotopic (exact) mass is 627 g/mol. The van der Waals surface area contributed by atoms with Crippen molar-refractivity contribution >= 4 is 34.1 Å². The molecule has 0 aromatic carbocycles. The molecule has 41 heavy (non-hydrogen) atoms. The van der Waals surface area contributed by atoms with Gasteiger partial charge in [0.15, 0.2) is 5.82 Å². The van der Waals surface area contributed by atoms with Gasteiger partial charge in [0.05, 0.1) is 18.3 Å². The Bertz CT molecular complexity index is 1310. The number of hydrogen-bond donors (Lipinski definition) is 4. The van der Waals surface area contributed by atoms with E-state index in [0.29, 0.717) is 22.5 Å². The van der Waals surface area contributed by atoms with Gasteiger partial charge in [0, 0.05) is 36.9 Å². The van der Waals surface area contributed by atoms with Gasteiger partial charge in [-0.15, -0.1) is 0 Å². The van der Waals surface area contributed by atoms with Crippen LogP contribution in [0.3, 0.4) is 0 Å². The molecule has 11 nitrogen and oxygen atoms in total. The molecule has 220 valence electrons. The van der Waals surface area contributed by atoms with Crippen LogP contribution in [0.4, 0.5) is 0 Å². The number of hydrogen-bond acceptors (Lipinski definition) is 8. The van der Waals surface area contributed by atoms with E-state index in [1.54, 1.807) is 30.7 Å². The second-order valence-electron chi connectivity index (χ2n) is 9.31. The molecular formula is C29H38BrN7O4. The number of carbonyl (C=O) groups is 2. The molecule has 1 saturated carbocycles. The van der Waals surface area contributed by atoms with Crippen LogP contribution in [0.1, 0.15) is 58.9 Å². The Morgan fingerprint density at radius 1 is 0.951 bits per heavy atom. The van der Waals surface area contributed by atoms with E-state index in [4.69, 9.17) is 10.2 Å². The quantitative estimate of drug-likeness (QED) is 0.298. The van der Waals surface area contributed by atoms with Gasteiger partial charge in [0.25, 0.3) is 0 Å². The van der Waals surface area contributed by atoms with E-state index in [1.165, 1.54) is 54.3 Å². The van der Waals surface area contributed by atoms with Crippen LogP contribution in [0, 0.1) is 6.92 Å². The number of aromatic carboxylic acids is 2. The summed E-state index contributed by atoms with van der Waals surface area (Å²) in [5, 5.41) is 28.2. The van der Waals surface area contributed by atoms with Gasteiger partial charge >= 0.3 is 11.9 Å². The smallest absolute Gasteiger partial charge is 0.339 e. The first kappa shape index (κ1) is 33.5. The topological polar surface area (TPSA) is 155 Å². The number of allylic oxidation sites excluding steroid dienone is 1. The first-order valence-corrected chi connectivity index (χ1v) is 14.0. The highest BCUT2D eigenvalue weighted by atomic mass is 79.9. The molecule has 2 aliphatic rings. The SMILES string of the molecule is CC1=CCN=C1.CNC1CCCCC1NC.Cc1cnn(-c2ncccc2C(=O)O)c1.O=C(O)c1cccnc1Br. The number of likely N-dealkylation sites (N-methyl/N-ethyl adjacent to an activating group) is 2. The van der Waals surface area contributed by atoms with Crippen molar-refractivity contribution in [3.8, 4) is 5.82 Å². The predicted molar refractivity (Wildman–Crippen MR) is 163 cm³/mol. The molecule has 5 rings (SSSR count). The second-order valence-corrected chi connectivity index (χ2v) is 10.1. The molecule has 4 heterocycles.